The first-order valence-corrected chi connectivity index (χ1v) is 13.9. The molecule has 2 fully saturated rings. The van der Waals surface area contributed by atoms with Crippen LogP contribution in [0.2, 0.25) is 0 Å². The second-order valence-electron chi connectivity index (χ2n) is 11.1. The normalized spacial score (nSPS) is 21.7. The summed E-state index contributed by atoms with van der Waals surface area (Å²) in [5.74, 6) is 1.32. The van der Waals surface area contributed by atoms with Crippen LogP contribution in [0.5, 0.6) is 5.75 Å². The van der Waals surface area contributed by atoms with Gasteiger partial charge in [-0.05, 0) is 54.2 Å². The number of fused-ring (bicyclic) bond motifs is 1. The predicted octanol–water partition coefficient (Wildman–Crippen LogP) is 3.67. The highest BCUT2D eigenvalue weighted by Gasteiger charge is 2.41. The molecule has 0 aliphatic carbocycles. The summed E-state index contributed by atoms with van der Waals surface area (Å²) >= 11 is 0. The number of carbonyl (C=O) groups excluding carboxylic acids is 1. The van der Waals surface area contributed by atoms with Gasteiger partial charge in [-0.15, -0.1) is 0 Å². The van der Waals surface area contributed by atoms with Gasteiger partial charge < -0.3 is 14.4 Å². The Bertz CT molecular complexity index is 988. The van der Waals surface area contributed by atoms with Crippen LogP contribution in [0.4, 0.5) is 4.79 Å². The summed E-state index contributed by atoms with van der Waals surface area (Å²) < 4.78 is 40.0. The Morgan fingerprint density at radius 2 is 1.82 bits per heavy atom. The molecular weight excluding hydrogens is 454 g/mol. The van der Waals surface area contributed by atoms with Crippen LogP contribution in [0.25, 0.3) is 0 Å². The van der Waals surface area contributed by atoms with E-state index in [0.717, 1.165) is 44.3 Å². The number of nitrogens with one attached hydrogen (secondary N) is 1. The van der Waals surface area contributed by atoms with Gasteiger partial charge in [0.15, 0.2) is 0 Å². The molecule has 0 bridgehead atoms. The Morgan fingerprint density at radius 1 is 1.15 bits per heavy atom. The topological polar surface area (TPSA) is 88.2 Å². The Hall–Kier alpha value is -1.84. The van der Waals surface area contributed by atoms with Crippen molar-refractivity contribution in [2.75, 3.05) is 39.8 Å². The number of nitrogens with zero attached hydrogens (tertiary/aromatic N) is 2. The summed E-state index contributed by atoms with van der Waals surface area (Å²) in [7, 11) is -1.89. The first-order valence-electron chi connectivity index (χ1n) is 12.4. The summed E-state index contributed by atoms with van der Waals surface area (Å²) in [6, 6.07) is 6.49. The van der Waals surface area contributed by atoms with E-state index in [0.29, 0.717) is 38.7 Å². The van der Waals surface area contributed by atoms with Gasteiger partial charge in [-0.25, -0.2) is 9.52 Å². The zero-order chi connectivity index (χ0) is 24.6. The van der Waals surface area contributed by atoms with E-state index >= 15 is 0 Å². The van der Waals surface area contributed by atoms with Gasteiger partial charge in [-0.3, -0.25) is 0 Å². The smallest absolute Gasteiger partial charge is 0.409 e. The van der Waals surface area contributed by atoms with Gasteiger partial charge in [-0.1, -0.05) is 32.9 Å². The highest BCUT2D eigenvalue weighted by Crippen LogP contribution is 2.41. The molecule has 1 spiro atoms. The fourth-order valence-corrected chi connectivity index (χ4v) is 6.12. The number of rotatable bonds is 4. The van der Waals surface area contributed by atoms with Gasteiger partial charge in [0.25, 0.3) is 10.2 Å². The molecule has 3 heterocycles. The zero-order valence-corrected chi connectivity index (χ0v) is 21.7. The molecule has 0 unspecified atom stereocenters. The van der Waals surface area contributed by atoms with Crippen molar-refractivity contribution in [3.8, 4) is 5.75 Å². The van der Waals surface area contributed by atoms with Crippen molar-refractivity contribution in [3.63, 3.8) is 0 Å². The first-order chi connectivity index (χ1) is 16.0. The molecule has 0 radical (unpaired) electrons. The van der Waals surface area contributed by atoms with Crippen molar-refractivity contribution in [1.29, 1.82) is 0 Å². The van der Waals surface area contributed by atoms with Crippen LogP contribution in [0.3, 0.4) is 0 Å². The standard InChI is InChI=1S/C25H39N3O5S/c1-24(2,3)18-32-23(29)27-15-11-25(12-16-27)10-7-21-17-20(5-6-22(21)33-25)19-8-13-28(14-9-19)34(30,31)26-4/h5-6,17,19,26H,7-16,18H2,1-4H3. The molecule has 1 aromatic rings. The third kappa shape index (κ3) is 5.69. The van der Waals surface area contributed by atoms with E-state index in [2.05, 4.69) is 43.7 Å². The highest BCUT2D eigenvalue weighted by atomic mass is 32.2. The summed E-state index contributed by atoms with van der Waals surface area (Å²) in [5, 5.41) is 0. The molecule has 34 heavy (non-hydrogen) atoms. The van der Waals surface area contributed by atoms with Gasteiger partial charge in [0.1, 0.15) is 11.4 Å². The van der Waals surface area contributed by atoms with Crippen LogP contribution in [-0.4, -0.2) is 69.2 Å². The molecule has 3 aliphatic rings. The minimum absolute atomic E-state index is 0.0385. The van der Waals surface area contributed by atoms with Crippen LogP contribution in [-0.2, 0) is 21.4 Å². The minimum atomic E-state index is -3.35. The van der Waals surface area contributed by atoms with E-state index in [-0.39, 0.29) is 17.1 Å². The number of aryl methyl sites for hydroxylation is 1. The fraction of sp³-hybridized carbons (Fsp3) is 0.720. The number of hydrogen-bond acceptors (Lipinski definition) is 5. The molecular formula is C25H39N3O5S. The maximum absolute atomic E-state index is 12.4. The van der Waals surface area contributed by atoms with Crippen LogP contribution in [0.15, 0.2) is 18.2 Å². The molecule has 190 valence electrons. The number of ether oxygens (including phenoxy) is 2. The number of likely N-dealkylation sites (tertiary alicyclic amines) is 1. The third-order valence-corrected chi connectivity index (χ3v) is 8.91. The van der Waals surface area contributed by atoms with Crippen molar-refractivity contribution in [2.45, 2.75) is 70.8 Å². The van der Waals surface area contributed by atoms with E-state index in [1.54, 1.807) is 4.90 Å². The van der Waals surface area contributed by atoms with Crippen molar-refractivity contribution < 1.29 is 22.7 Å². The lowest BCUT2D eigenvalue weighted by Crippen LogP contribution is -2.51. The van der Waals surface area contributed by atoms with Gasteiger partial charge >= 0.3 is 6.09 Å². The van der Waals surface area contributed by atoms with E-state index in [4.69, 9.17) is 9.47 Å². The molecule has 1 N–H and O–H groups in total. The van der Waals surface area contributed by atoms with Crippen LogP contribution in [0, 0.1) is 5.41 Å². The summed E-state index contributed by atoms with van der Waals surface area (Å²) in [5.41, 5.74) is 2.27. The van der Waals surface area contributed by atoms with Gasteiger partial charge in [0.2, 0.25) is 0 Å². The van der Waals surface area contributed by atoms with Gasteiger partial charge in [0.05, 0.1) is 6.61 Å². The second kappa shape index (κ2) is 9.66. The number of benzene rings is 1. The molecule has 0 aromatic heterocycles. The Labute approximate surface area is 204 Å². The first kappa shape index (κ1) is 25.3. The SMILES string of the molecule is CNS(=O)(=O)N1CCC(c2ccc3c(c2)CCC2(CCN(C(=O)OCC(C)(C)C)CC2)O3)CC1. The van der Waals surface area contributed by atoms with Crippen molar-refractivity contribution in [3.05, 3.63) is 29.3 Å². The fourth-order valence-electron chi connectivity index (χ4n) is 5.17. The molecule has 0 atom stereocenters. The Balaban J connectivity index is 1.33. The van der Waals surface area contributed by atoms with Crippen molar-refractivity contribution in [2.24, 2.45) is 5.41 Å². The monoisotopic (exact) mass is 493 g/mol. The quantitative estimate of drug-likeness (QED) is 0.691. The van der Waals surface area contributed by atoms with E-state index in [9.17, 15) is 13.2 Å². The zero-order valence-electron chi connectivity index (χ0n) is 20.9. The largest absolute Gasteiger partial charge is 0.487 e. The Kier molecular flexibility index (Phi) is 7.18. The summed E-state index contributed by atoms with van der Waals surface area (Å²) in [6.45, 7) is 8.99. The molecule has 1 amide bonds. The summed E-state index contributed by atoms with van der Waals surface area (Å²) in [4.78, 5) is 14.2. The van der Waals surface area contributed by atoms with Crippen molar-refractivity contribution >= 4 is 16.3 Å². The number of amides is 1. The molecule has 8 nitrogen and oxygen atoms in total. The number of carbonyl (C=O) groups is 1. The van der Waals surface area contributed by atoms with E-state index < -0.39 is 10.2 Å². The summed E-state index contributed by atoms with van der Waals surface area (Å²) in [6.07, 6.45) is 4.97. The lowest BCUT2D eigenvalue weighted by Gasteiger charge is -2.44. The maximum Gasteiger partial charge on any atom is 0.409 e. The number of hydrogen-bond donors (Lipinski definition) is 1. The molecule has 9 heteroatoms. The molecule has 1 aromatic carbocycles. The highest BCUT2D eigenvalue weighted by molar-refractivity contribution is 7.87. The molecule has 2 saturated heterocycles. The van der Waals surface area contributed by atoms with Gasteiger partial charge in [0, 0.05) is 46.1 Å². The van der Waals surface area contributed by atoms with Gasteiger partial charge in [-0.2, -0.15) is 12.7 Å². The number of piperidine rings is 2. The van der Waals surface area contributed by atoms with Crippen LogP contribution in [0.1, 0.15) is 69.9 Å². The van der Waals surface area contributed by atoms with Crippen LogP contribution >= 0.6 is 0 Å². The second-order valence-corrected chi connectivity index (χ2v) is 13.0. The predicted molar refractivity (Wildman–Crippen MR) is 131 cm³/mol. The van der Waals surface area contributed by atoms with E-state index in [1.807, 2.05) is 0 Å². The molecule has 0 saturated carbocycles. The van der Waals surface area contributed by atoms with E-state index in [1.165, 1.54) is 22.5 Å². The lowest BCUT2D eigenvalue weighted by atomic mass is 9.82. The maximum atomic E-state index is 12.4. The average Bonchev–Trinajstić information content (AvgIpc) is 2.82. The third-order valence-electron chi connectivity index (χ3n) is 7.35. The van der Waals surface area contributed by atoms with Crippen molar-refractivity contribution in [1.82, 2.24) is 13.9 Å². The average molecular weight is 494 g/mol. The Morgan fingerprint density at radius 3 is 2.44 bits per heavy atom. The molecule has 3 aliphatic heterocycles. The molecule has 4 rings (SSSR count). The minimum Gasteiger partial charge on any atom is -0.487 e. The lowest BCUT2D eigenvalue weighted by molar-refractivity contribution is -0.0172. The van der Waals surface area contributed by atoms with Crippen LogP contribution < -0.4 is 9.46 Å².